The maximum atomic E-state index is 12.1. The number of rotatable bonds is 8. The first-order valence-electron chi connectivity index (χ1n) is 7.43. The van der Waals surface area contributed by atoms with E-state index in [1.54, 1.807) is 4.90 Å². The highest BCUT2D eigenvalue weighted by atomic mass is 16.3. The quantitative estimate of drug-likeness (QED) is 0.796. The van der Waals surface area contributed by atoms with E-state index in [0.717, 1.165) is 24.4 Å². The van der Waals surface area contributed by atoms with Crippen molar-refractivity contribution in [2.24, 2.45) is 17.6 Å². The van der Waals surface area contributed by atoms with Crippen molar-refractivity contribution in [3.63, 3.8) is 0 Å². The molecule has 1 amide bonds. The van der Waals surface area contributed by atoms with E-state index in [0.29, 0.717) is 31.3 Å². The third-order valence-corrected chi connectivity index (χ3v) is 3.82. The second-order valence-corrected chi connectivity index (χ2v) is 5.88. The molecule has 0 aromatic carbocycles. The second-order valence-electron chi connectivity index (χ2n) is 5.88. The van der Waals surface area contributed by atoms with Crippen molar-refractivity contribution < 1.29 is 9.21 Å². The Morgan fingerprint density at radius 2 is 2.05 bits per heavy atom. The predicted octanol–water partition coefficient (Wildman–Crippen LogP) is 2.95. The lowest BCUT2D eigenvalue weighted by Crippen LogP contribution is -2.27. The van der Waals surface area contributed by atoms with Crippen LogP contribution in [-0.4, -0.2) is 24.4 Å². The van der Waals surface area contributed by atoms with Gasteiger partial charge in [0.2, 0.25) is 5.91 Å². The highest BCUT2D eigenvalue weighted by Gasteiger charge is 2.17. The molecule has 0 aliphatic heterocycles. The zero-order chi connectivity index (χ0) is 15.1. The van der Waals surface area contributed by atoms with Gasteiger partial charge in [0.1, 0.15) is 11.5 Å². The van der Waals surface area contributed by atoms with Crippen molar-refractivity contribution in [2.45, 2.75) is 46.6 Å². The van der Waals surface area contributed by atoms with Crippen LogP contribution in [0.3, 0.4) is 0 Å². The monoisotopic (exact) mass is 280 g/mol. The van der Waals surface area contributed by atoms with E-state index in [1.807, 2.05) is 26.1 Å². The van der Waals surface area contributed by atoms with Crippen LogP contribution in [0.4, 0.5) is 0 Å². The molecule has 1 unspecified atom stereocenters. The van der Waals surface area contributed by atoms with Gasteiger partial charge in [0.05, 0.1) is 6.54 Å². The predicted molar refractivity (Wildman–Crippen MR) is 81.2 cm³/mol. The molecule has 0 saturated heterocycles. The molecule has 20 heavy (non-hydrogen) atoms. The molecule has 1 aromatic rings. The van der Waals surface area contributed by atoms with Crippen LogP contribution in [-0.2, 0) is 11.3 Å². The smallest absolute Gasteiger partial charge is 0.222 e. The van der Waals surface area contributed by atoms with E-state index in [4.69, 9.17) is 10.2 Å². The van der Waals surface area contributed by atoms with Crippen LogP contribution in [0.5, 0.6) is 0 Å². The lowest BCUT2D eigenvalue weighted by molar-refractivity contribution is -0.131. The van der Waals surface area contributed by atoms with Crippen molar-refractivity contribution in [2.75, 3.05) is 13.6 Å². The Labute approximate surface area is 122 Å². The zero-order valence-corrected chi connectivity index (χ0v) is 13.2. The molecule has 0 spiro atoms. The summed E-state index contributed by atoms with van der Waals surface area (Å²) in [7, 11) is 1.83. The molecule has 1 atom stereocenters. The molecule has 1 aromatic heterocycles. The Bertz CT molecular complexity index is 412. The molecule has 1 rings (SSSR count). The van der Waals surface area contributed by atoms with Crippen molar-refractivity contribution >= 4 is 5.91 Å². The van der Waals surface area contributed by atoms with Gasteiger partial charge in [-0.1, -0.05) is 13.8 Å². The van der Waals surface area contributed by atoms with Crippen LogP contribution in [0.25, 0.3) is 0 Å². The molecule has 0 fully saturated rings. The molecular weight excluding hydrogens is 252 g/mol. The van der Waals surface area contributed by atoms with Crippen LogP contribution < -0.4 is 5.73 Å². The topological polar surface area (TPSA) is 59.5 Å². The maximum Gasteiger partial charge on any atom is 0.222 e. The van der Waals surface area contributed by atoms with Gasteiger partial charge >= 0.3 is 0 Å². The first-order chi connectivity index (χ1) is 9.43. The second kappa shape index (κ2) is 8.10. The maximum absolute atomic E-state index is 12.1. The summed E-state index contributed by atoms with van der Waals surface area (Å²) in [4.78, 5) is 13.9. The number of carbonyl (C=O) groups excluding carboxylic acids is 1. The Kier molecular flexibility index (Phi) is 6.79. The van der Waals surface area contributed by atoms with E-state index in [-0.39, 0.29) is 5.91 Å². The van der Waals surface area contributed by atoms with Crippen molar-refractivity contribution in [3.8, 4) is 0 Å². The van der Waals surface area contributed by atoms with E-state index >= 15 is 0 Å². The number of hydrogen-bond acceptors (Lipinski definition) is 3. The molecule has 0 radical (unpaired) electrons. The molecule has 114 valence electrons. The first-order valence-corrected chi connectivity index (χ1v) is 7.43. The molecule has 2 N–H and O–H groups in total. The summed E-state index contributed by atoms with van der Waals surface area (Å²) < 4.78 is 5.50. The van der Waals surface area contributed by atoms with E-state index in [1.165, 1.54) is 0 Å². The van der Waals surface area contributed by atoms with Gasteiger partial charge in [-0.15, -0.1) is 0 Å². The van der Waals surface area contributed by atoms with Crippen LogP contribution in [0.2, 0.25) is 0 Å². The van der Waals surface area contributed by atoms with Gasteiger partial charge in [-0.3, -0.25) is 4.79 Å². The van der Waals surface area contributed by atoms with Crippen LogP contribution in [0.15, 0.2) is 16.5 Å². The summed E-state index contributed by atoms with van der Waals surface area (Å²) in [6.07, 6.45) is 2.49. The van der Waals surface area contributed by atoms with Gasteiger partial charge < -0.3 is 15.1 Å². The average molecular weight is 280 g/mol. The minimum absolute atomic E-state index is 0.168. The van der Waals surface area contributed by atoms with Gasteiger partial charge in [0.15, 0.2) is 0 Å². The highest BCUT2D eigenvalue weighted by Crippen LogP contribution is 2.21. The lowest BCUT2D eigenvalue weighted by Gasteiger charge is -2.22. The number of nitrogens with zero attached hydrogens (tertiary/aromatic N) is 1. The van der Waals surface area contributed by atoms with Gasteiger partial charge in [-0.25, -0.2) is 0 Å². The fraction of sp³-hybridized carbons (Fsp3) is 0.688. The third kappa shape index (κ3) is 5.37. The third-order valence-electron chi connectivity index (χ3n) is 3.82. The van der Waals surface area contributed by atoms with Crippen LogP contribution >= 0.6 is 0 Å². The Balaban J connectivity index is 2.41. The summed E-state index contributed by atoms with van der Waals surface area (Å²) in [5.41, 5.74) is 5.63. The van der Waals surface area contributed by atoms with Gasteiger partial charge in [0, 0.05) is 13.5 Å². The minimum Gasteiger partial charge on any atom is -0.464 e. The van der Waals surface area contributed by atoms with Gasteiger partial charge in [-0.2, -0.15) is 0 Å². The zero-order valence-electron chi connectivity index (χ0n) is 13.2. The summed E-state index contributed by atoms with van der Waals surface area (Å²) in [6, 6.07) is 3.84. The van der Waals surface area contributed by atoms with Gasteiger partial charge in [0.25, 0.3) is 0 Å². The highest BCUT2D eigenvalue weighted by molar-refractivity contribution is 5.75. The molecule has 4 nitrogen and oxygen atoms in total. The molecule has 1 heterocycles. The SMILES string of the molecule is Cc1ccc(CN(C)C(=O)CCC(CCN)C(C)C)o1. The summed E-state index contributed by atoms with van der Waals surface area (Å²) in [5.74, 6) is 2.98. The Morgan fingerprint density at radius 1 is 1.35 bits per heavy atom. The number of aryl methyl sites for hydroxylation is 1. The molecule has 4 heteroatoms. The summed E-state index contributed by atoms with van der Waals surface area (Å²) >= 11 is 0. The van der Waals surface area contributed by atoms with Crippen molar-refractivity contribution in [1.29, 1.82) is 0 Å². The number of carbonyl (C=O) groups is 1. The van der Waals surface area contributed by atoms with E-state index < -0.39 is 0 Å². The number of amides is 1. The molecule has 0 bridgehead atoms. The van der Waals surface area contributed by atoms with E-state index in [9.17, 15) is 4.79 Å². The van der Waals surface area contributed by atoms with E-state index in [2.05, 4.69) is 13.8 Å². The summed E-state index contributed by atoms with van der Waals surface area (Å²) in [6.45, 7) is 7.53. The summed E-state index contributed by atoms with van der Waals surface area (Å²) in [5, 5.41) is 0. The first kappa shape index (κ1) is 16.8. The van der Waals surface area contributed by atoms with Crippen molar-refractivity contribution in [3.05, 3.63) is 23.7 Å². The largest absolute Gasteiger partial charge is 0.464 e. The fourth-order valence-electron chi connectivity index (χ4n) is 2.42. The van der Waals surface area contributed by atoms with Crippen LogP contribution in [0.1, 0.15) is 44.6 Å². The molecule has 0 saturated carbocycles. The number of hydrogen-bond donors (Lipinski definition) is 1. The average Bonchev–Trinajstić information content (AvgIpc) is 2.79. The molecule has 0 aliphatic carbocycles. The Hall–Kier alpha value is -1.29. The van der Waals surface area contributed by atoms with Crippen LogP contribution in [0, 0.1) is 18.8 Å². The minimum atomic E-state index is 0.168. The number of furan rings is 1. The Morgan fingerprint density at radius 3 is 2.55 bits per heavy atom. The lowest BCUT2D eigenvalue weighted by atomic mass is 9.88. The van der Waals surface area contributed by atoms with Crippen molar-refractivity contribution in [1.82, 2.24) is 4.90 Å². The fourth-order valence-corrected chi connectivity index (χ4v) is 2.42. The van der Waals surface area contributed by atoms with Gasteiger partial charge in [-0.05, 0) is 50.3 Å². The molecule has 0 aliphatic rings. The molecular formula is C16H28N2O2. The normalized spacial score (nSPS) is 12.7. The standard InChI is InChI=1S/C16H28N2O2/c1-12(2)14(9-10-17)6-8-16(19)18(4)11-15-7-5-13(3)20-15/h5,7,12,14H,6,8-11,17H2,1-4H3. The number of nitrogens with two attached hydrogens (primary N) is 1.